The minimum absolute atomic E-state index is 0.0115. The normalized spacial score (nSPS) is 12.2. The fourth-order valence-corrected chi connectivity index (χ4v) is 6.16. The van der Waals surface area contributed by atoms with Gasteiger partial charge in [0.05, 0.1) is 30.7 Å². The first-order valence-electron chi connectivity index (χ1n) is 12.8. The Balaban J connectivity index is 2.10. The second kappa shape index (κ2) is 14.1. The molecule has 7 nitrogen and oxygen atoms in total. The maximum absolute atomic E-state index is 14.1. The fourth-order valence-electron chi connectivity index (χ4n) is 4.14. The lowest BCUT2D eigenvalue weighted by Gasteiger charge is -2.33. The van der Waals surface area contributed by atoms with E-state index in [0.29, 0.717) is 10.6 Å². The summed E-state index contributed by atoms with van der Waals surface area (Å²) in [6.45, 7) is 6.62. The highest BCUT2D eigenvalue weighted by atomic mass is 35.5. The summed E-state index contributed by atoms with van der Waals surface area (Å²) in [7, 11) is -4.24. The third-order valence-corrected chi connectivity index (χ3v) is 9.50. The molecule has 3 aromatic rings. The van der Waals surface area contributed by atoms with Crippen molar-refractivity contribution in [2.24, 2.45) is 0 Å². The molecule has 1 unspecified atom stereocenters. The van der Waals surface area contributed by atoms with Gasteiger partial charge in [0, 0.05) is 12.6 Å². The van der Waals surface area contributed by atoms with Gasteiger partial charge in [-0.1, -0.05) is 77.1 Å². The summed E-state index contributed by atoms with van der Waals surface area (Å²) in [5.41, 5.74) is 1.63. The van der Waals surface area contributed by atoms with Crippen molar-refractivity contribution >= 4 is 73.9 Å². The average molecular weight is 659 g/mol. The van der Waals surface area contributed by atoms with E-state index in [2.05, 4.69) is 5.32 Å². The van der Waals surface area contributed by atoms with Crippen LogP contribution in [-0.4, -0.2) is 43.8 Å². The number of halogens is 4. The number of carbonyl (C=O) groups excluding carboxylic acids is 2. The SMILES string of the molecule is CCC(C(=O)NC(C)C)N(Cc1ccc(Cl)c(Cl)c1)C(=O)CN(c1ccc(Cl)c(Cl)c1)S(=O)(=O)c1ccc(C)cc1. The van der Waals surface area contributed by atoms with Gasteiger partial charge >= 0.3 is 0 Å². The zero-order valence-corrected chi connectivity index (χ0v) is 26.8. The van der Waals surface area contributed by atoms with Crippen molar-refractivity contribution in [1.82, 2.24) is 10.2 Å². The molecule has 1 atom stereocenters. The van der Waals surface area contributed by atoms with E-state index in [1.165, 1.54) is 35.2 Å². The second-order valence-corrected chi connectivity index (χ2v) is 13.3. The molecule has 220 valence electrons. The summed E-state index contributed by atoms with van der Waals surface area (Å²) in [6.07, 6.45) is 0.281. The lowest BCUT2D eigenvalue weighted by Crippen LogP contribution is -2.53. The lowest BCUT2D eigenvalue weighted by molar-refractivity contribution is -0.140. The molecule has 0 fully saturated rings. The highest BCUT2D eigenvalue weighted by Gasteiger charge is 2.34. The Hall–Kier alpha value is -2.49. The van der Waals surface area contributed by atoms with E-state index >= 15 is 0 Å². The summed E-state index contributed by atoms with van der Waals surface area (Å²) >= 11 is 24.7. The Kier molecular flexibility index (Phi) is 11.4. The molecule has 3 rings (SSSR count). The van der Waals surface area contributed by atoms with Gasteiger partial charge in [0.15, 0.2) is 0 Å². The molecule has 0 aromatic heterocycles. The Labute approximate surface area is 261 Å². The molecule has 3 aromatic carbocycles. The van der Waals surface area contributed by atoms with Crippen LogP contribution in [0.2, 0.25) is 20.1 Å². The van der Waals surface area contributed by atoms with Gasteiger partial charge in [-0.25, -0.2) is 8.42 Å². The van der Waals surface area contributed by atoms with Crippen molar-refractivity contribution in [2.75, 3.05) is 10.8 Å². The Morgan fingerprint density at radius 3 is 1.98 bits per heavy atom. The van der Waals surface area contributed by atoms with Gasteiger partial charge in [0.1, 0.15) is 12.6 Å². The lowest BCUT2D eigenvalue weighted by atomic mass is 10.1. The zero-order chi connectivity index (χ0) is 30.5. The number of carbonyl (C=O) groups is 2. The third kappa shape index (κ3) is 8.30. The van der Waals surface area contributed by atoms with E-state index in [9.17, 15) is 18.0 Å². The number of hydrogen-bond donors (Lipinski definition) is 1. The molecule has 41 heavy (non-hydrogen) atoms. The van der Waals surface area contributed by atoms with E-state index in [1.54, 1.807) is 37.3 Å². The Morgan fingerprint density at radius 1 is 0.854 bits per heavy atom. The monoisotopic (exact) mass is 657 g/mol. The smallest absolute Gasteiger partial charge is 0.264 e. The number of nitrogens with one attached hydrogen (secondary N) is 1. The molecule has 2 amide bonds. The van der Waals surface area contributed by atoms with Crippen LogP contribution in [0.4, 0.5) is 5.69 Å². The van der Waals surface area contributed by atoms with Crippen LogP contribution in [0.5, 0.6) is 0 Å². The maximum atomic E-state index is 14.1. The first-order valence-corrected chi connectivity index (χ1v) is 15.8. The van der Waals surface area contributed by atoms with E-state index in [4.69, 9.17) is 46.4 Å². The van der Waals surface area contributed by atoms with Crippen LogP contribution in [0.15, 0.2) is 65.6 Å². The summed E-state index contributed by atoms with van der Waals surface area (Å²) in [4.78, 5) is 28.6. The van der Waals surface area contributed by atoms with Crippen molar-refractivity contribution in [3.05, 3.63) is 91.9 Å². The number of anilines is 1. The van der Waals surface area contributed by atoms with Crippen LogP contribution in [0, 0.1) is 6.92 Å². The van der Waals surface area contributed by atoms with Gasteiger partial charge in [-0.15, -0.1) is 0 Å². The minimum atomic E-state index is -4.24. The van der Waals surface area contributed by atoms with Crippen molar-refractivity contribution in [2.45, 2.75) is 57.6 Å². The molecule has 0 saturated heterocycles. The van der Waals surface area contributed by atoms with Crippen molar-refractivity contribution in [3.8, 4) is 0 Å². The number of rotatable bonds is 11. The predicted molar refractivity (Wildman–Crippen MR) is 167 cm³/mol. The molecule has 0 heterocycles. The van der Waals surface area contributed by atoms with Gasteiger partial charge in [-0.2, -0.15) is 0 Å². The first-order chi connectivity index (χ1) is 19.2. The number of hydrogen-bond acceptors (Lipinski definition) is 4. The average Bonchev–Trinajstić information content (AvgIpc) is 2.90. The number of nitrogens with zero attached hydrogens (tertiary/aromatic N) is 2. The molecule has 0 spiro atoms. The van der Waals surface area contributed by atoms with Gasteiger partial charge in [-0.3, -0.25) is 13.9 Å². The molecule has 0 aliphatic rings. The highest BCUT2D eigenvalue weighted by Crippen LogP contribution is 2.31. The number of sulfonamides is 1. The van der Waals surface area contributed by atoms with E-state index in [0.717, 1.165) is 9.87 Å². The molecule has 0 aliphatic carbocycles. The van der Waals surface area contributed by atoms with Crippen molar-refractivity contribution in [3.63, 3.8) is 0 Å². The zero-order valence-electron chi connectivity index (χ0n) is 23.0. The van der Waals surface area contributed by atoms with Gasteiger partial charge in [0.2, 0.25) is 11.8 Å². The maximum Gasteiger partial charge on any atom is 0.264 e. The summed E-state index contributed by atoms with van der Waals surface area (Å²) in [6, 6.07) is 14.4. The van der Waals surface area contributed by atoms with Crippen LogP contribution < -0.4 is 9.62 Å². The summed E-state index contributed by atoms with van der Waals surface area (Å²) < 4.78 is 28.8. The third-order valence-electron chi connectivity index (χ3n) is 6.23. The predicted octanol–water partition coefficient (Wildman–Crippen LogP) is 7.14. The van der Waals surface area contributed by atoms with Gasteiger partial charge in [-0.05, 0) is 75.2 Å². The van der Waals surface area contributed by atoms with Crippen molar-refractivity contribution in [1.29, 1.82) is 0 Å². The van der Waals surface area contributed by atoms with E-state index in [1.807, 2.05) is 20.8 Å². The second-order valence-electron chi connectivity index (χ2n) is 9.78. The molecule has 0 saturated carbocycles. The number of benzene rings is 3. The molecule has 1 N–H and O–H groups in total. The van der Waals surface area contributed by atoms with Crippen molar-refractivity contribution < 1.29 is 18.0 Å². The molecule has 0 aliphatic heterocycles. The molecular weight excluding hydrogens is 628 g/mol. The Bertz CT molecular complexity index is 1510. The molecular formula is C29H31Cl4N3O4S. The standard InChI is InChI=1S/C29H31Cl4N3O4S/c1-5-27(29(38)34-18(2)3)35(16-20-8-12-23(30)25(32)14-20)28(37)17-36(21-9-13-24(31)26(33)15-21)41(39,40)22-10-6-19(4)7-11-22/h6-15,18,27H,5,16-17H2,1-4H3,(H,34,38). The van der Waals surface area contributed by atoms with Gasteiger partial charge in [0.25, 0.3) is 10.0 Å². The molecule has 0 radical (unpaired) electrons. The Morgan fingerprint density at radius 2 is 1.44 bits per heavy atom. The fraction of sp³-hybridized carbons (Fsp3) is 0.310. The minimum Gasteiger partial charge on any atom is -0.352 e. The van der Waals surface area contributed by atoms with Crippen LogP contribution in [0.1, 0.15) is 38.3 Å². The summed E-state index contributed by atoms with van der Waals surface area (Å²) in [5, 5.41) is 3.83. The largest absolute Gasteiger partial charge is 0.352 e. The van der Waals surface area contributed by atoms with Crippen LogP contribution >= 0.6 is 46.4 Å². The number of amides is 2. The highest BCUT2D eigenvalue weighted by molar-refractivity contribution is 7.92. The van der Waals surface area contributed by atoms with Gasteiger partial charge < -0.3 is 10.2 Å². The summed E-state index contributed by atoms with van der Waals surface area (Å²) in [5.74, 6) is -0.970. The first kappa shape index (κ1) is 33.0. The van der Waals surface area contributed by atoms with Crippen LogP contribution in [-0.2, 0) is 26.2 Å². The quantitative estimate of drug-likeness (QED) is 0.237. The van der Waals surface area contributed by atoms with E-state index in [-0.39, 0.29) is 50.6 Å². The topological polar surface area (TPSA) is 86.8 Å². The molecule has 0 bridgehead atoms. The van der Waals surface area contributed by atoms with E-state index < -0.39 is 28.5 Å². The number of aryl methyl sites for hydroxylation is 1. The van der Waals surface area contributed by atoms with Crippen LogP contribution in [0.25, 0.3) is 0 Å². The van der Waals surface area contributed by atoms with Crippen LogP contribution in [0.3, 0.4) is 0 Å². The molecule has 12 heteroatoms.